The summed E-state index contributed by atoms with van der Waals surface area (Å²) < 4.78 is 7.22. The number of benzene rings is 2. The number of aromatic nitrogens is 1. The third-order valence-electron chi connectivity index (χ3n) is 3.39. The summed E-state index contributed by atoms with van der Waals surface area (Å²) in [6, 6.07) is 10.7. The van der Waals surface area contributed by atoms with E-state index in [0.29, 0.717) is 10.8 Å². The van der Waals surface area contributed by atoms with E-state index in [9.17, 15) is 5.11 Å². The quantitative estimate of drug-likeness (QED) is 0.762. The molecule has 3 rings (SSSR count). The van der Waals surface area contributed by atoms with Gasteiger partial charge in [-0.1, -0.05) is 11.6 Å². The molecule has 5 heteroatoms. The van der Waals surface area contributed by atoms with Gasteiger partial charge in [-0.05, 0) is 48.9 Å². The molecule has 1 heterocycles. The van der Waals surface area contributed by atoms with Crippen LogP contribution in [0.2, 0.25) is 5.02 Å². The molecule has 0 aliphatic carbocycles. The zero-order chi connectivity index (χ0) is 15.0. The van der Waals surface area contributed by atoms with Gasteiger partial charge in [0, 0.05) is 16.6 Å². The summed E-state index contributed by atoms with van der Waals surface area (Å²) in [5, 5.41) is 11.2. The van der Waals surface area contributed by atoms with Crippen molar-refractivity contribution in [2.45, 2.75) is 6.92 Å². The first-order valence-corrected chi connectivity index (χ1v) is 6.87. The molecule has 0 aliphatic heterocycles. The Bertz CT molecular complexity index is 811. The maximum absolute atomic E-state index is 9.61. The largest absolute Gasteiger partial charge is 0.508 e. The first-order valence-electron chi connectivity index (χ1n) is 6.50. The minimum Gasteiger partial charge on any atom is -0.508 e. The molecule has 0 unspecified atom stereocenters. The van der Waals surface area contributed by atoms with Crippen molar-refractivity contribution < 1.29 is 9.84 Å². The van der Waals surface area contributed by atoms with Gasteiger partial charge in [-0.25, -0.2) is 0 Å². The van der Waals surface area contributed by atoms with Crippen LogP contribution in [0.5, 0.6) is 11.5 Å². The van der Waals surface area contributed by atoms with Crippen LogP contribution in [0.1, 0.15) is 5.56 Å². The number of nitrogens with one attached hydrogen (secondary N) is 1. The first kappa shape index (κ1) is 13.6. The lowest BCUT2D eigenvalue weighted by atomic mass is 10.2. The van der Waals surface area contributed by atoms with Crippen LogP contribution >= 0.6 is 11.6 Å². The monoisotopic (exact) mass is 302 g/mol. The number of aryl methyl sites for hydroxylation is 1. The van der Waals surface area contributed by atoms with E-state index < -0.39 is 0 Å². The highest BCUT2D eigenvalue weighted by Crippen LogP contribution is 2.30. The Hall–Kier alpha value is -2.33. The molecular formula is C16H15ClN2O2. The van der Waals surface area contributed by atoms with Crippen molar-refractivity contribution >= 4 is 28.2 Å². The van der Waals surface area contributed by atoms with Crippen LogP contribution in [-0.2, 0) is 0 Å². The van der Waals surface area contributed by atoms with Crippen molar-refractivity contribution in [1.29, 1.82) is 0 Å². The van der Waals surface area contributed by atoms with Crippen LogP contribution < -0.4 is 10.2 Å². The van der Waals surface area contributed by atoms with Crippen molar-refractivity contribution in [1.82, 2.24) is 4.68 Å². The SMILES string of the molecule is COc1ccc(Cl)cc1Nn1cc(C)c2cc(O)ccc21. The molecule has 0 atom stereocenters. The van der Waals surface area contributed by atoms with E-state index in [-0.39, 0.29) is 5.75 Å². The van der Waals surface area contributed by atoms with Crippen molar-refractivity contribution in [2.75, 3.05) is 12.5 Å². The number of anilines is 1. The van der Waals surface area contributed by atoms with Crippen LogP contribution in [0, 0.1) is 6.92 Å². The zero-order valence-electron chi connectivity index (χ0n) is 11.7. The molecule has 0 fully saturated rings. The van der Waals surface area contributed by atoms with Crippen molar-refractivity contribution in [3.05, 3.63) is 53.2 Å². The van der Waals surface area contributed by atoms with E-state index in [4.69, 9.17) is 16.3 Å². The summed E-state index contributed by atoms with van der Waals surface area (Å²) in [6.45, 7) is 2.00. The number of nitrogens with zero attached hydrogens (tertiary/aromatic N) is 1. The molecular weight excluding hydrogens is 288 g/mol. The first-order chi connectivity index (χ1) is 10.1. The smallest absolute Gasteiger partial charge is 0.143 e. The fourth-order valence-corrected chi connectivity index (χ4v) is 2.54. The van der Waals surface area contributed by atoms with Gasteiger partial charge < -0.3 is 9.84 Å². The van der Waals surface area contributed by atoms with E-state index in [2.05, 4.69) is 5.43 Å². The maximum atomic E-state index is 9.61. The van der Waals surface area contributed by atoms with Crippen LogP contribution in [0.4, 0.5) is 5.69 Å². The molecule has 4 nitrogen and oxygen atoms in total. The van der Waals surface area contributed by atoms with E-state index in [0.717, 1.165) is 22.2 Å². The average molecular weight is 303 g/mol. The van der Waals surface area contributed by atoms with Crippen LogP contribution in [-0.4, -0.2) is 16.9 Å². The number of ether oxygens (including phenoxy) is 1. The summed E-state index contributed by atoms with van der Waals surface area (Å²) in [6.07, 6.45) is 1.96. The minimum atomic E-state index is 0.253. The van der Waals surface area contributed by atoms with Crippen molar-refractivity contribution in [3.8, 4) is 11.5 Å². The van der Waals surface area contributed by atoms with Gasteiger partial charge in [0.05, 0.1) is 18.3 Å². The van der Waals surface area contributed by atoms with Crippen LogP contribution in [0.25, 0.3) is 10.9 Å². The molecule has 0 saturated carbocycles. The Balaban J connectivity index is 2.08. The average Bonchev–Trinajstić information content (AvgIpc) is 2.75. The predicted octanol–water partition coefficient (Wildman–Crippen LogP) is 4.19. The third kappa shape index (κ3) is 2.50. The lowest BCUT2D eigenvalue weighted by Crippen LogP contribution is -2.08. The highest BCUT2D eigenvalue weighted by atomic mass is 35.5. The molecule has 0 spiro atoms. The molecule has 0 saturated heterocycles. The number of rotatable bonds is 3. The Morgan fingerprint density at radius 2 is 2.00 bits per heavy atom. The Kier molecular flexibility index (Phi) is 3.39. The topological polar surface area (TPSA) is 46.4 Å². The number of halogens is 1. The van der Waals surface area contributed by atoms with Gasteiger partial charge in [-0.2, -0.15) is 0 Å². The number of phenols is 1. The molecule has 0 aliphatic rings. The normalized spacial score (nSPS) is 10.8. The highest BCUT2D eigenvalue weighted by Gasteiger charge is 2.09. The Morgan fingerprint density at radius 1 is 1.19 bits per heavy atom. The summed E-state index contributed by atoms with van der Waals surface area (Å²) in [4.78, 5) is 0. The van der Waals surface area contributed by atoms with E-state index in [1.165, 1.54) is 0 Å². The zero-order valence-corrected chi connectivity index (χ0v) is 12.5. The van der Waals surface area contributed by atoms with Crippen molar-refractivity contribution in [2.24, 2.45) is 0 Å². The summed E-state index contributed by atoms with van der Waals surface area (Å²) in [5.74, 6) is 0.960. The number of methoxy groups -OCH3 is 1. The Morgan fingerprint density at radius 3 is 2.76 bits per heavy atom. The molecule has 21 heavy (non-hydrogen) atoms. The molecule has 2 aromatic carbocycles. The molecule has 3 aromatic rings. The molecule has 2 N–H and O–H groups in total. The fraction of sp³-hybridized carbons (Fsp3) is 0.125. The van der Waals surface area contributed by atoms with E-state index >= 15 is 0 Å². The fourth-order valence-electron chi connectivity index (χ4n) is 2.37. The second-order valence-corrected chi connectivity index (χ2v) is 5.28. The van der Waals surface area contributed by atoms with Crippen LogP contribution in [0.3, 0.4) is 0 Å². The van der Waals surface area contributed by atoms with Gasteiger partial charge in [0.25, 0.3) is 0 Å². The van der Waals surface area contributed by atoms with Crippen molar-refractivity contribution in [3.63, 3.8) is 0 Å². The summed E-state index contributed by atoms with van der Waals surface area (Å²) >= 11 is 6.05. The standard InChI is InChI=1S/C16H15ClN2O2/c1-10-9-19(15-5-4-12(20)8-13(10)15)18-14-7-11(17)3-6-16(14)21-2/h3-9,18,20H,1-2H3. The lowest BCUT2D eigenvalue weighted by molar-refractivity contribution is 0.416. The van der Waals surface area contributed by atoms with Gasteiger partial charge in [-0.15, -0.1) is 0 Å². The third-order valence-corrected chi connectivity index (χ3v) is 3.62. The summed E-state index contributed by atoms with van der Waals surface area (Å²) in [7, 11) is 1.62. The maximum Gasteiger partial charge on any atom is 0.143 e. The number of fused-ring (bicyclic) bond motifs is 1. The summed E-state index contributed by atoms with van der Waals surface area (Å²) in [5.41, 5.74) is 6.08. The number of aromatic hydroxyl groups is 1. The van der Waals surface area contributed by atoms with Gasteiger partial charge in [0.1, 0.15) is 11.5 Å². The molecule has 0 radical (unpaired) electrons. The molecule has 1 aromatic heterocycles. The van der Waals surface area contributed by atoms with E-state index in [1.807, 2.05) is 36.0 Å². The lowest BCUT2D eigenvalue weighted by Gasteiger charge is -2.13. The van der Waals surface area contributed by atoms with E-state index in [1.54, 1.807) is 25.3 Å². The Labute approximate surface area is 127 Å². The second kappa shape index (κ2) is 5.22. The van der Waals surface area contributed by atoms with Gasteiger partial charge >= 0.3 is 0 Å². The number of hydrogen-bond acceptors (Lipinski definition) is 3. The number of hydrogen-bond donors (Lipinski definition) is 2. The molecule has 0 amide bonds. The van der Waals surface area contributed by atoms with Gasteiger partial charge in [0.2, 0.25) is 0 Å². The molecule has 108 valence electrons. The highest BCUT2D eigenvalue weighted by molar-refractivity contribution is 6.30. The van der Waals surface area contributed by atoms with Gasteiger partial charge in [-0.3, -0.25) is 10.1 Å². The molecule has 0 bridgehead atoms. The predicted molar refractivity (Wildman–Crippen MR) is 85.4 cm³/mol. The minimum absolute atomic E-state index is 0.253. The van der Waals surface area contributed by atoms with Crippen LogP contribution in [0.15, 0.2) is 42.6 Å². The number of phenolic OH excluding ortho intramolecular Hbond substituents is 1. The van der Waals surface area contributed by atoms with Gasteiger partial charge in [0.15, 0.2) is 0 Å². The second-order valence-electron chi connectivity index (χ2n) is 4.84.